The molecule has 0 aliphatic rings. The smallest absolute Gasteiger partial charge is 0.214 e. The zero-order valence-corrected chi connectivity index (χ0v) is 14.4. The molecule has 0 heterocycles. The minimum Gasteiger partial charge on any atom is -0.214 e. The van der Waals surface area contributed by atoms with Gasteiger partial charge in [-0.2, -0.15) is 0 Å². The SMILES string of the molecule is CC(CNS(=O)(=O)Cc1ccc(Cl)c(Cl)c1)c1ccccc1. The van der Waals surface area contributed by atoms with Crippen LogP contribution in [0.3, 0.4) is 0 Å². The minimum absolute atomic E-state index is 0.102. The van der Waals surface area contributed by atoms with Gasteiger partial charge in [0.15, 0.2) is 0 Å². The first-order valence-electron chi connectivity index (χ1n) is 6.83. The fourth-order valence-corrected chi connectivity index (χ4v) is 3.60. The van der Waals surface area contributed by atoms with Gasteiger partial charge in [0.05, 0.1) is 15.8 Å². The highest BCUT2D eigenvalue weighted by molar-refractivity contribution is 7.88. The van der Waals surface area contributed by atoms with Crippen molar-refractivity contribution >= 4 is 33.2 Å². The second-order valence-electron chi connectivity index (χ2n) is 5.17. The van der Waals surface area contributed by atoms with E-state index < -0.39 is 10.0 Å². The van der Waals surface area contributed by atoms with E-state index in [-0.39, 0.29) is 11.7 Å². The van der Waals surface area contributed by atoms with Crippen LogP contribution in [-0.4, -0.2) is 15.0 Å². The Labute approximate surface area is 141 Å². The molecule has 0 radical (unpaired) electrons. The van der Waals surface area contributed by atoms with Crippen LogP contribution in [0.25, 0.3) is 0 Å². The topological polar surface area (TPSA) is 46.2 Å². The summed E-state index contributed by atoms with van der Waals surface area (Å²) in [5.41, 5.74) is 1.70. The lowest BCUT2D eigenvalue weighted by atomic mass is 10.0. The molecule has 0 saturated carbocycles. The van der Waals surface area contributed by atoms with Crippen molar-refractivity contribution in [2.75, 3.05) is 6.54 Å². The second kappa shape index (κ2) is 7.47. The van der Waals surface area contributed by atoms with Gasteiger partial charge in [0.2, 0.25) is 10.0 Å². The standard InChI is InChI=1S/C16H17Cl2NO2S/c1-12(14-5-3-2-4-6-14)10-19-22(20,21)11-13-7-8-15(17)16(18)9-13/h2-9,12,19H,10-11H2,1H3. The molecule has 118 valence electrons. The summed E-state index contributed by atoms with van der Waals surface area (Å²) in [5, 5.41) is 0.764. The van der Waals surface area contributed by atoms with E-state index in [0.29, 0.717) is 22.2 Å². The van der Waals surface area contributed by atoms with E-state index in [2.05, 4.69) is 4.72 Å². The van der Waals surface area contributed by atoms with Gasteiger partial charge < -0.3 is 0 Å². The maximum Gasteiger partial charge on any atom is 0.215 e. The molecule has 2 rings (SSSR count). The first-order chi connectivity index (χ1) is 10.4. The Hall–Kier alpha value is -1.07. The van der Waals surface area contributed by atoms with Gasteiger partial charge in [-0.1, -0.05) is 66.5 Å². The Balaban J connectivity index is 1.98. The van der Waals surface area contributed by atoms with Crippen LogP contribution in [0.1, 0.15) is 24.0 Å². The van der Waals surface area contributed by atoms with Gasteiger partial charge in [0.25, 0.3) is 0 Å². The predicted molar refractivity (Wildman–Crippen MR) is 91.9 cm³/mol. The van der Waals surface area contributed by atoms with Crippen LogP contribution in [0.4, 0.5) is 0 Å². The molecular formula is C16H17Cl2NO2S. The van der Waals surface area contributed by atoms with Crippen LogP contribution < -0.4 is 4.72 Å². The van der Waals surface area contributed by atoms with Crippen molar-refractivity contribution in [3.8, 4) is 0 Å². The van der Waals surface area contributed by atoms with Crippen molar-refractivity contribution in [2.45, 2.75) is 18.6 Å². The molecule has 0 amide bonds. The molecule has 0 bridgehead atoms. The summed E-state index contributed by atoms with van der Waals surface area (Å²) in [5.74, 6) is -0.0180. The van der Waals surface area contributed by atoms with Gasteiger partial charge in [0.1, 0.15) is 0 Å². The lowest BCUT2D eigenvalue weighted by molar-refractivity contribution is 0.574. The summed E-state index contributed by atoms with van der Waals surface area (Å²) in [6.45, 7) is 2.34. The molecule has 2 aromatic carbocycles. The molecule has 6 heteroatoms. The zero-order valence-electron chi connectivity index (χ0n) is 12.1. The Morgan fingerprint density at radius 2 is 1.73 bits per heavy atom. The Morgan fingerprint density at radius 3 is 2.36 bits per heavy atom. The van der Waals surface area contributed by atoms with Crippen LogP contribution in [0.15, 0.2) is 48.5 Å². The molecule has 1 unspecified atom stereocenters. The summed E-state index contributed by atoms with van der Waals surface area (Å²) < 4.78 is 26.9. The Morgan fingerprint density at radius 1 is 1.05 bits per heavy atom. The van der Waals surface area contributed by atoms with Crippen molar-refractivity contribution < 1.29 is 8.42 Å². The van der Waals surface area contributed by atoms with Crippen molar-refractivity contribution in [2.24, 2.45) is 0 Å². The number of benzene rings is 2. The van der Waals surface area contributed by atoms with E-state index in [0.717, 1.165) is 5.56 Å². The van der Waals surface area contributed by atoms with E-state index >= 15 is 0 Å². The zero-order chi connectivity index (χ0) is 16.2. The molecule has 0 aromatic heterocycles. The molecule has 22 heavy (non-hydrogen) atoms. The third-order valence-electron chi connectivity index (χ3n) is 3.32. The summed E-state index contributed by atoms with van der Waals surface area (Å²) in [6, 6.07) is 14.6. The molecule has 1 atom stereocenters. The van der Waals surface area contributed by atoms with E-state index in [1.165, 1.54) is 0 Å². The van der Waals surface area contributed by atoms with Crippen molar-refractivity contribution in [1.29, 1.82) is 0 Å². The van der Waals surface area contributed by atoms with E-state index in [9.17, 15) is 8.42 Å². The van der Waals surface area contributed by atoms with Gasteiger partial charge in [-0.3, -0.25) is 0 Å². The quantitative estimate of drug-likeness (QED) is 0.841. The second-order valence-corrected chi connectivity index (χ2v) is 7.79. The number of hydrogen-bond acceptors (Lipinski definition) is 2. The maximum absolute atomic E-state index is 12.1. The van der Waals surface area contributed by atoms with Gasteiger partial charge in [-0.05, 0) is 29.2 Å². The summed E-state index contributed by atoms with van der Waals surface area (Å²) in [6.07, 6.45) is 0. The summed E-state index contributed by atoms with van der Waals surface area (Å²) in [7, 11) is -3.42. The Kier molecular flexibility index (Phi) is 5.87. The van der Waals surface area contributed by atoms with Gasteiger partial charge in [-0.25, -0.2) is 13.1 Å². The largest absolute Gasteiger partial charge is 0.215 e. The van der Waals surface area contributed by atoms with Crippen molar-refractivity contribution in [3.05, 3.63) is 69.7 Å². The van der Waals surface area contributed by atoms with Gasteiger partial charge >= 0.3 is 0 Å². The number of rotatable bonds is 6. The molecule has 1 N–H and O–H groups in total. The number of sulfonamides is 1. The summed E-state index contributed by atoms with van der Waals surface area (Å²) >= 11 is 11.7. The molecule has 2 aromatic rings. The van der Waals surface area contributed by atoms with E-state index in [1.807, 2.05) is 37.3 Å². The van der Waals surface area contributed by atoms with Crippen LogP contribution in [0.2, 0.25) is 10.0 Å². The van der Waals surface area contributed by atoms with Crippen LogP contribution in [0, 0.1) is 0 Å². The number of nitrogens with one attached hydrogen (secondary N) is 1. The molecule has 0 aliphatic heterocycles. The number of halogens is 2. The Bertz CT molecular complexity index is 733. The lowest BCUT2D eigenvalue weighted by Crippen LogP contribution is -2.28. The van der Waals surface area contributed by atoms with E-state index in [1.54, 1.807) is 18.2 Å². The fourth-order valence-electron chi connectivity index (χ4n) is 2.05. The maximum atomic E-state index is 12.1. The van der Waals surface area contributed by atoms with Crippen molar-refractivity contribution in [3.63, 3.8) is 0 Å². The molecule has 3 nitrogen and oxygen atoms in total. The molecule has 0 spiro atoms. The van der Waals surface area contributed by atoms with Crippen LogP contribution >= 0.6 is 23.2 Å². The third kappa shape index (κ3) is 4.99. The van der Waals surface area contributed by atoms with Crippen LogP contribution in [-0.2, 0) is 15.8 Å². The molecular weight excluding hydrogens is 341 g/mol. The first-order valence-corrected chi connectivity index (χ1v) is 9.24. The van der Waals surface area contributed by atoms with Gasteiger partial charge in [0, 0.05) is 6.54 Å². The summed E-state index contributed by atoms with van der Waals surface area (Å²) in [4.78, 5) is 0. The predicted octanol–water partition coefficient (Wildman–Crippen LogP) is 4.22. The van der Waals surface area contributed by atoms with E-state index in [4.69, 9.17) is 23.2 Å². The fraction of sp³-hybridized carbons (Fsp3) is 0.250. The monoisotopic (exact) mass is 357 g/mol. The molecule has 0 fully saturated rings. The molecule has 0 saturated heterocycles. The first kappa shape index (κ1) is 17.3. The highest BCUT2D eigenvalue weighted by Gasteiger charge is 2.14. The molecule has 0 aliphatic carbocycles. The average Bonchev–Trinajstić information content (AvgIpc) is 2.49. The highest BCUT2D eigenvalue weighted by Crippen LogP contribution is 2.23. The van der Waals surface area contributed by atoms with Gasteiger partial charge in [-0.15, -0.1) is 0 Å². The third-order valence-corrected chi connectivity index (χ3v) is 5.38. The van der Waals surface area contributed by atoms with Crippen LogP contribution in [0.5, 0.6) is 0 Å². The lowest BCUT2D eigenvalue weighted by Gasteiger charge is -2.13. The normalized spacial score (nSPS) is 13.0. The van der Waals surface area contributed by atoms with Crippen molar-refractivity contribution in [1.82, 2.24) is 4.72 Å². The highest BCUT2D eigenvalue weighted by atomic mass is 35.5. The minimum atomic E-state index is -3.42. The average molecular weight is 358 g/mol. The number of hydrogen-bond donors (Lipinski definition) is 1.